The van der Waals surface area contributed by atoms with E-state index in [2.05, 4.69) is 4.98 Å². The van der Waals surface area contributed by atoms with Gasteiger partial charge in [-0.2, -0.15) is 0 Å². The third-order valence-electron chi connectivity index (χ3n) is 5.00. The molecule has 0 atom stereocenters. The van der Waals surface area contributed by atoms with Crippen LogP contribution in [0.25, 0.3) is 16.6 Å². The van der Waals surface area contributed by atoms with Gasteiger partial charge in [-0.05, 0) is 24.3 Å². The van der Waals surface area contributed by atoms with Crippen molar-refractivity contribution in [1.82, 2.24) is 9.55 Å². The minimum Gasteiger partial charge on any atom is -0.496 e. The Bertz CT molecular complexity index is 1540. The highest BCUT2D eigenvalue weighted by molar-refractivity contribution is 7.13. The number of nitrogens with one attached hydrogen (secondary N) is 1. The lowest BCUT2D eigenvalue weighted by molar-refractivity contribution is 0.0704. The number of aromatic nitrogens is 2. The van der Waals surface area contributed by atoms with Crippen LogP contribution in [-0.4, -0.2) is 34.8 Å². The number of aromatic carboxylic acids is 1. The van der Waals surface area contributed by atoms with Crippen LogP contribution in [0.4, 0.5) is 8.78 Å². The summed E-state index contributed by atoms with van der Waals surface area (Å²) in [6.45, 7) is -0.454. The van der Waals surface area contributed by atoms with E-state index < -0.39 is 35.5 Å². The highest BCUT2D eigenvalue weighted by atomic mass is 32.1. The van der Waals surface area contributed by atoms with E-state index in [1.54, 1.807) is 0 Å². The summed E-state index contributed by atoms with van der Waals surface area (Å²) < 4.78 is 44.7. The van der Waals surface area contributed by atoms with Crippen molar-refractivity contribution < 1.29 is 32.9 Å². The molecule has 0 saturated carbocycles. The maximum absolute atomic E-state index is 14.3. The SMILES string of the molecule is COc1ccc(-n2c(=O)[nH]c3csc(C(=O)O)c3c2=O)cc1OCc1c(OC)ccc(F)c1F. The number of thiophene rings is 1. The molecule has 0 bridgehead atoms. The van der Waals surface area contributed by atoms with Crippen molar-refractivity contribution in [3.05, 3.63) is 78.6 Å². The number of carboxylic acids is 1. The number of fused-ring (bicyclic) bond motifs is 1. The van der Waals surface area contributed by atoms with Gasteiger partial charge in [0.05, 0.1) is 36.4 Å². The predicted molar refractivity (Wildman–Crippen MR) is 119 cm³/mol. The molecule has 4 aromatic rings. The van der Waals surface area contributed by atoms with Crippen LogP contribution >= 0.6 is 11.3 Å². The molecule has 0 aliphatic rings. The number of H-pyrrole nitrogens is 1. The van der Waals surface area contributed by atoms with E-state index in [1.165, 1.54) is 43.9 Å². The second-order valence-corrected chi connectivity index (χ2v) is 7.78. The Morgan fingerprint density at radius 3 is 2.47 bits per heavy atom. The van der Waals surface area contributed by atoms with E-state index in [1.807, 2.05) is 0 Å². The monoisotopic (exact) mass is 490 g/mol. The van der Waals surface area contributed by atoms with E-state index in [0.29, 0.717) is 0 Å². The predicted octanol–water partition coefficient (Wildman–Crippen LogP) is 3.31. The molecule has 0 unspecified atom stereocenters. The lowest BCUT2D eigenvalue weighted by atomic mass is 10.2. The van der Waals surface area contributed by atoms with Crippen LogP contribution in [0.3, 0.4) is 0 Å². The molecule has 9 nitrogen and oxygen atoms in total. The maximum atomic E-state index is 14.3. The maximum Gasteiger partial charge on any atom is 0.346 e. The molecular weight excluding hydrogens is 474 g/mol. The van der Waals surface area contributed by atoms with Crippen molar-refractivity contribution in [3.8, 4) is 22.9 Å². The Balaban J connectivity index is 1.81. The summed E-state index contributed by atoms with van der Waals surface area (Å²) in [7, 11) is 2.64. The number of hydrogen-bond acceptors (Lipinski definition) is 7. The average Bonchev–Trinajstić information content (AvgIpc) is 3.24. The van der Waals surface area contributed by atoms with Gasteiger partial charge in [-0.25, -0.2) is 22.9 Å². The zero-order valence-electron chi connectivity index (χ0n) is 17.7. The number of carboxylic acid groups (broad SMARTS) is 1. The van der Waals surface area contributed by atoms with Gasteiger partial charge in [0, 0.05) is 11.4 Å². The smallest absolute Gasteiger partial charge is 0.346 e. The summed E-state index contributed by atoms with van der Waals surface area (Å²) in [5, 5.41) is 10.6. The van der Waals surface area contributed by atoms with Crippen LogP contribution in [0, 0.1) is 11.6 Å². The van der Waals surface area contributed by atoms with Gasteiger partial charge in [-0.1, -0.05) is 0 Å². The molecule has 12 heteroatoms. The summed E-state index contributed by atoms with van der Waals surface area (Å²) in [5.74, 6) is -3.28. The first-order chi connectivity index (χ1) is 16.3. The van der Waals surface area contributed by atoms with Gasteiger partial charge in [-0.15, -0.1) is 11.3 Å². The topological polar surface area (TPSA) is 120 Å². The summed E-state index contributed by atoms with van der Waals surface area (Å²) in [6, 6.07) is 6.26. The molecule has 4 rings (SSSR count). The Labute approximate surface area is 193 Å². The molecule has 0 saturated heterocycles. The Morgan fingerprint density at radius 1 is 1.09 bits per heavy atom. The molecule has 0 radical (unpaired) electrons. The third kappa shape index (κ3) is 3.88. The normalized spacial score (nSPS) is 10.9. The number of methoxy groups -OCH3 is 2. The zero-order valence-corrected chi connectivity index (χ0v) is 18.5. The van der Waals surface area contributed by atoms with Crippen LogP contribution in [0.5, 0.6) is 17.2 Å². The number of hydrogen-bond donors (Lipinski definition) is 2. The number of halogens is 2. The van der Waals surface area contributed by atoms with E-state index in [4.69, 9.17) is 14.2 Å². The molecule has 0 fully saturated rings. The number of aromatic amines is 1. The van der Waals surface area contributed by atoms with Crippen LogP contribution < -0.4 is 25.5 Å². The quantitative estimate of drug-likeness (QED) is 0.408. The Hall–Kier alpha value is -4.19. The van der Waals surface area contributed by atoms with Crippen molar-refractivity contribution in [2.24, 2.45) is 0 Å². The molecule has 2 aromatic heterocycles. The minimum atomic E-state index is -1.31. The molecule has 2 heterocycles. The van der Waals surface area contributed by atoms with Gasteiger partial charge in [0.15, 0.2) is 23.1 Å². The first-order valence-corrected chi connectivity index (χ1v) is 10.5. The van der Waals surface area contributed by atoms with Gasteiger partial charge in [-0.3, -0.25) is 4.79 Å². The zero-order chi connectivity index (χ0) is 24.6. The molecule has 2 N–H and O–H groups in total. The number of nitrogens with zero attached hydrogens (tertiary/aromatic N) is 1. The number of ether oxygens (including phenoxy) is 3. The van der Waals surface area contributed by atoms with Crippen LogP contribution in [0.2, 0.25) is 0 Å². The standard InChI is InChI=1S/C22H16F2N2O7S/c1-31-14-6-4-12(23)18(24)11(14)8-33-16-7-10(3-5-15(16)32-2)26-20(27)17-13(25-22(26)30)9-34-19(17)21(28)29/h3-7,9H,8H2,1-2H3,(H,25,30)(H,28,29). The number of rotatable bonds is 7. The van der Waals surface area contributed by atoms with E-state index >= 15 is 0 Å². The van der Waals surface area contributed by atoms with Gasteiger partial charge in [0.1, 0.15) is 17.2 Å². The lowest BCUT2D eigenvalue weighted by Gasteiger charge is -2.15. The van der Waals surface area contributed by atoms with Crippen LogP contribution in [0.1, 0.15) is 15.2 Å². The number of carbonyl (C=O) groups is 1. The second kappa shape index (κ2) is 8.98. The summed E-state index contributed by atoms with van der Waals surface area (Å²) in [4.78, 5) is 39.4. The lowest BCUT2D eigenvalue weighted by Crippen LogP contribution is -2.33. The van der Waals surface area contributed by atoms with Gasteiger partial charge < -0.3 is 24.3 Å². The summed E-state index contributed by atoms with van der Waals surface area (Å²) in [5.41, 5.74) is -1.69. The summed E-state index contributed by atoms with van der Waals surface area (Å²) >= 11 is 0.813. The van der Waals surface area contributed by atoms with E-state index in [9.17, 15) is 28.3 Å². The van der Waals surface area contributed by atoms with E-state index in [-0.39, 0.29) is 44.3 Å². The molecule has 176 valence electrons. The Morgan fingerprint density at radius 2 is 1.79 bits per heavy atom. The van der Waals surface area contributed by atoms with Gasteiger partial charge in [0.25, 0.3) is 5.56 Å². The van der Waals surface area contributed by atoms with Gasteiger partial charge in [0.2, 0.25) is 0 Å². The molecule has 0 aliphatic heterocycles. The minimum absolute atomic E-state index is 0.0147. The summed E-state index contributed by atoms with van der Waals surface area (Å²) in [6.07, 6.45) is 0. The second-order valence-electron chi connectivity index (χ2n) is 6.90. The third-order valence-corrected chi connectivity index (χ3v) is 5.97. The highest BCUT2D eigenvalue weighted by Crippen LogP contribution is 2.32. The molecule has 0 aliphatic carbocycles. The van der Waals surface area contributed by atoms with Gasteiger partial charge >= 0.3 is 11.7 Å². The fraction of sp³-hybridized carbons (Fsp3) is 0.136. The Kier molecular flexibility index (Phi) is 6.07. The fourth-order valence-corrected chi connectivity index (χ4v) is 4.23. The van der Waals surface area contributed by atoms with E-state index in [0.717, 1.165) is 22.0 Å². The molecule has 0 amide bonds. The first-order valence-electron chi connectivity index (χ1n) is 9.58. The molecule has 0 spiro atoms. The van der Waals surface area contributed by atoms with Crippen molar-refractivity contribution in [3.63, 3.8) is 0 Å². The van der Waals surface area contributed by atoms with Crippen molar-refractivity contribution in [2.75, 3.05) is 14.2 Å². The van der Waals surface area contributed by atoms with Crippen LogP contribution in [0.15, 0.2) is 45.3 Å². The molecule has 2 aromatic carbocycles. The first kappa shape index (κ1) is 23.0. The molecular formula is C22H16F2N2O7S. The fourth-order valence-electron chi connectivity index (χ4n) is 3.40. The number of benzene rings is 2. The average molecular weight is 490 g/mol. The van der Waals surface area contributed by atoms with Crippen molar-refractivity contribution in [2.45, 2.75) is 6.61 Å². The largest absolute Gasteiger partial charge is 0.496 e. The highest BCUT2D eigenvalue weighted by Gasteiger charge is 2.20. The molecule has 34 heavy (non-hydrogen) atoms. The van der Waals surface area contributed by atoms with Crippen molar-refractivity contribution in [1.29, 1.82) is 0 Å². The van der Waals surface area contributed by atoms with Crippen LogP contribution in [-0.2, 0) is 6.61 Å². The van der Waals surface area contributed by atoms with Crippen molar-refractivity contribution >= 4 is 28.2 Å².